The molecule has 0 N–H and O–H groups in total. The number of carbonyl (C=O) groups is 1. The second-order valence-corrected chi connectivity index (χ2v) is 7.46. The van der Waals surface area contributed by atoms with E-state index in [4.69, 9.17) is 9.84 Å². The Kier molecular flexibility index (Phi) is 5.00. The van der Waals surface area contributed by atoms with Gasteiger partial charge < -0.3 is 14.5 Å². The molecule has 31 heavy (non-hydrogen) atoms. The van der Waals surface area contributed by atoms with Crippen molar-refractivity contribution in [1.29, 1.82) is 0 Å². The van der Waals surface area contributed by atoms with E-state index in [1.54, 1.807) is 24.0 Å². The molecule has 1 fully saturated rings. The first-order valence-electron chi connectivity index (χ1n) is 10.3. The maximum absolute atomic E-state index is 12.1. The van der Waals surface area contributed by atoms with Crippen LogP contribution in [0.5, 0.6) is 5.75 Å². The van der Waals surface area contributed by atoms with Gasteiger partial charge in [0.2, 0.25) is 0 Å². The van der Waals surface area contributed by atoms with Crippen molar-refractivity contribution in [3.05, 3.63) is 72.6 Å². The summed E-state index contributed by atoms with van der Waals surface area (Å²) in [7, 11) is 1.63. The highest BCUT2D eigenvalue weighted by Gasteiger charge is 2.24. The number of benzene rings is 2. The lowest BCUT2D eigenvalue weighted by Gasteiger charge is -2.36. The zero-order valence-corrected chi connectivity index (χ0v) is 17.3. The molecule has 2 aromatic carbocycles. The predicted octanol–water partition coefficient (Wildman–Crippen LogP) is 3.54. The van der Waals surface area contributed by atoms with Crippen molar-refractivity contribution in [1.82, 2.24) is 14.6 Å². The third-order valence-electron chi connectivity index (χ3n) is 5.75. The fraction of sp³-hybridized carbons (Fsp3) is 0.208. The lowest BCUT2D eigenvalue weighted by atomic mass is 10.1. The highest BCUT2D eigenvalue weighted by atomic mass is 16.5. The van der Waals surface area contributed by atoms with Gasteiger partial charge in [-0.3, -0.25) is 4.79 Å². The average molecular weight is 413 g/mol. The smallest absolute Gasteiger partial charge is 0.155 e. The van der Waals surface area contributed by atoms with E-state index in [1.807, 2.05) is 30.3 Å². The molecule has 3 heterocycles. The molecule has 0 saturated carbocycles. The van der Waals surface area contributed by atoms with Crippen LogP contribution >= 0.6 is 0 Å². The number of aromatic nitrogens is 3. The highest BCUT2D eigenvalue weighted by Crippen LogP contribution is 2.31. The van der Waals surface area contributed by atoms with E-state index >= 15 is 0 Å². The van der Waals surface area contributed by atoms with Crippen LogP contribution in [-0.4, -0.2) is 54.2 Å². The molecule has 4 aromatic rings. The van der Waals surface area contributed by atoms with E-state index in [1.165, 1.54) is 5.69 Å². The Balaban J connectivity index is 1.48. The van der Waals surface area contributed by atoms with Gasteiger partial charge in [0.05, 0.1) is 12.7 Å². The summed E-state index contributed by atoms with van der Waals surface area (Å²) in [5.74, 6) is 1.56. The van der Waals surface area contributed by atoms with Gasteiger partial charge in [-0.25, -0.2) is 9.50 Å². The zero-order chi connectivity index (χ0) is 21.2. The molecule has 0 atom stereocenters. The molecule has 1 saturated heterocycles. The Hall–Kier alpha value is -3.87. The Labute approximate surface area is 180 Å². The summed E-state index contributed by atoms with van der Waals surface area (Å²) in [4.78, 5) is 21.4. The van der Waals surface area contributed by atoms with Gasteiger partial charge in [0.25, 0.3) is 0 Å². The summed E-state index contributed by atoms with van der Waals surface area (Å²) in [6, 6.07) is 18.0. The van der Waals surface area contributed by atoms with Crippen LogP contribution in [0.3, 0.4) is 0 Å². The van der Waals surface area contributed by atoms with Crippen molar-refractivity contribution < 1.29 is 9.53 Å². The second kappa shape index (κ2) is 8.10. The summed E-state index contributed by atoms with van der Waals surface area (Å²) >= 11 is 0. The molecule has 2 aromatic heterocycles. The number of ether oxygens (including phenoxy) is 1. The Morgan fingerprint density at radius 1 is 0.935 bits per heavy atom. The molecule has 7 heteroatoms. The third kappa shape index (κ3) is 3.48. The number of anilines is 2. The molecule has 0 aliphatic carbocycles. The lowest BCUT2D eigenvalue weighted by Crippen LogP contribution is -2.47. The minimum Gasteiger partial charge on any atom is -0.497 e. The van der Waals surface area contributed by atoms with Crippen molar-refractivity contribution in [3.8, 4) is 17.0 Å². The van der Waals surface area contributed by atoms with E-state index in [-0.39, 0.29) is 0 Å². The van der Waals surface area contributed by atoms with E-state index in [9.17, 15) is 4.79 Å². The van der Waals surface area contributed by atoms with E-state index in [0.29, 0.717) is 11.3 Å². The number of piperazine rings is 1. The first kappa shape index (κ1) is 19.1. The van der Waals surface area contributed by atoms with Gasteiger partial charge in [-0.15, -0.1) is 0 Å². The van der Waals surface area contributed by atoms with Crippen molar-refractivity contribution in [3.63, 3.8) is 0 Å². The molecule has 0 unspecified atom stereocenters. The van der Waals surface area contributed by atoms with Crippen LogP contribution in [0.2, 0.25) is 0 Å². The SMILES string of the molecule is COc1ccc(-c2nn3ccnc(N4CCN(c5ccccc5)CC4)c3c2C=O)cc1. The summed E-state index contributed by atoms with van der Waals surface area (Å²) in [6.07, 6.45) is 4.41. The molecule has 0 amide bonds. The quantitative estimate of drug-likeness (QED) is 0.467. The van der Waals surface area contributed by atoms with Crippen molar-refractivity contribution in [2.75, 3.05) is 43.1 Å². The first-order valence-corrected chi connectivity index (χ1v) is 10.3. The maximum Gasteiger partial charge on any atom is 0.155 e. The van der Waals surface area contributed by atoms with E-state index < -0.39 is 0 Å². The Bertz CT molecular complexity index is 1200. The topological polar surface area (TPSA) is 63.0 Å². The van der Waals surface area contributed by atoms with Crippen LogP contribution in [-0.2, 0) is 0 Å². The van der Waals surface area contributed by atoms with Gasteiger partial charge >= 0.3 is 0 Å². The molecule has 156 valence electrons. The Morgan fingerprint density at radius 3 is 2.32 bits per heavy atom. The summed E-state index contributed by atoms with van der Waals surface area (Å²) < 4.78 is 7.00. The first-order chi connectivity index (χ1) is 15.3. The molecule has 0 spiro atoms. The van der Waals surface area contributed by atoms with Gasteiger partial charge in [-0.2, -0.15) is 5.10 Å². The lowest BCUT2D eigenvalue weighted by molar-refractivity contribution is 0.112. The van der Waals surface area contributed by atoms with Crippen molar-refractivity contribution >= 4 is 23.3 Å². The molecule has 1 aliphatic rings. The third-order valence-corrected chi connectivity index (χ3v) is 5.75. The van der Waals surface area contributed by atoms with Gasteiger partial charge in [-0.05, 0) is 36.4 Å². The van der Waals surface area contributed by atoms with Gasteiger partial charge in [-0.1, -0.05) is 18.2 Å². The fourth-order valence-electron chi connectivity index (χ4n) is 4.13. The summed E-state index contributed by atoms with van der Waals surface area (Å²) in [5.41, 5.74) is 4.05. The molecular weight excluding hydrogens is 390 g/mol. The van der Waals surface area contributed by atoms with E-state index in [0.717, 1.165) is 55.1 Å². The number of carbonyl (C=O) groups excluding carboxylic acids is 1. The summed E-state index contributed by atoms with van der Waals surface area (Å²) in [6.45, 7) is 3.43. The largest absolute Gasteiger partial charge is 0.497 e. The van der Waals surface area contributed by atoms with Crippen LogP contribution in [0, 0.1) is 0 Å². The molecule has 0 radical (unpaired) electrons. The van der Waals surface area contributed by atoms with Crippen molar-refractivity contribution in [2.24, 2.45) is 0 Å². The highest BCUT2D eigenvalue weighted by molar-refractivity contribution is 5.98. The normalized spacial score (nSPS) is 14.1. The average Bonchev–Trinajstić information content (AvgIpc) is 3.23. The number of methoxy groups -OCH3 is 1. The number of para-hydroxylation sites is 1. The van der Waals surface area contributed by atoms with Gasteiger partial charge in [0.1, 0.15) is 17.0 Å². The molecule has 7 nitrogen and oxygen atoms in total. The van der Waals surface area contributed by atoms with Crippen LogP contribution in [0.25, 0.3) is 16.8 Å². The minimum absolute atomic E-state index is 0.554. The number of rotatable bonds is 5. The fourth-order valence-corrected chi connectivity index (χ4v) is 4.13. The molecular formula is C24H23N5O2. The Morgan fingerprint density at radius 2 is 1.65 bits per heavy atom. The number of nitrogens with zero attached hydrogens (tertiary/aromatic N) is 5. The van der Waals surface area contributed by atoms with Crippen LogP contribution in [0.4, 0.5) is 11.5 Å². The monoisotopic (exact) mass is 413 g/mol. The van der Waals surface area contributed by atoms with Crippen LogP contribution < -0.4 is 14.5 Å². The van der Waals surface area contributed by atoms with E-state index in [2.05, 4.69) is 39.0 Å². The standard InChI is InChI=1S/C24H23N5O2/c1-31-20-9-7-18(8-10-20)22-21(17-30)23-24(25-11-12-29(23)26-22)28-15-13-27(14-16-28)19-5-3-2-4-6-19/h2-12,17H,13-16H2,1H3. The summed E-state index contributed by atoms with van der Waals surface area (Å²) in [5, 5.41) is 4.69. The molecule has 0 bridgehead atoms. The molecule has 5 rings (SSSR count). The number of fused-ring (bicyclic) bond motifs is 1. The van der Waals surface area contributed by atoms with Crippen LogP contribution in [0.15, 0.2) is 67.0 Å². The molecule has 1 aliphatic heterocycles. The van der Waals surface area contributed by atoms with Crippen molar-refractivity contribution in [2.45, 2.75) is 0 Å². The maximum atomic E-state index is 12.1. The predicted molar refractivity (Wildman–Crippen MR) is 121 cm³/mol. The second-order valence-electron chi connectivity index (χ2n) is 7.46. The van der Waals surface area contributed by atoms with Gasteiger partial charge in [0, 0.05) is 49.8 Å². The zero-order valence-electron chi connectivity index (χ0n) is 17.3. The minimum atomic E-state index is 0.554. The number of aldehydes is 1. The number of hydrogen-bond donors (Lipinski definition) is 0. The number of hydrogen-bond acceptors (Lipinski definition) is 6. The van der Waals surface area contributed by atoms with Gasteiger partial charge in [0.15, 0.2) is 12.1 Å². The van der Waals surface area contributed by atoms with Crippen LogP contribution in [0.1, 0.15) is 10.4 Å².